The van der Waals surface area contributed by atoms with Crippen LogP contribution in [0.25, 0.3) is 0 Å². The number of rotatable bonds is 5. The molecule has 1 aromatic rings. The normalized spacial score (nSPS) is 23.6. The van der Waals surface area contributed by atoms with Gasteiger partial charge < -0.3 is 20.1 Å². The van der Waals surface area contributed by atoms with E-state index in [1.54, 1.807) is 11.8 Å². The number of hydrogen-bond donors (Lipinski definition) is 2. The van der Waals surface area contributed by atoms with Crippen molar-refractivity contribution >= 4 is 12.0 Å². The maximum Gasteiger partial charge on any atom is 0.317 e. The first-order valence-electron chi connectivity index (χ1n) is 8.49. The third-order valence-electron chi connectivity index (χ3n) is 5.03. The van der Waals surface area contributed by atoms with Gasteiger partial charge in [0.2, 0.25) is 0 Å². The molecule has 1 heterocycles. The fourth-order valence-corrected chi connectivity index (χ4v) is 3.02. The highest BCUT2D eigenvalue weighted by atomic mass is 16.5. The summed E-state index contributed by atoms with van der Waals surface area (Å²) in [6.45, 7) is 2.77. The number of carboxylic acids is 1. The molecule has 1 aliphatic carbocycles. The van der Waals surface area contributed by atoms with Crippen molar-refractivity contribution in [2.45, 2.75) is 45.3 Å². The molecule has 2 aliphatic rings. The van der Waals surface area contributed by atoms with E-state index < -0.39 is 11.4 Å². The Morgan fingerprint density at radius 2 is 2.12 bits per heavy atom. The number of benzene rings is 1. The third-order valence-corrected chi connectivity index (χ3v) is 5.03. The van der Waals surface area contributed by atoms with E-state index in [0.29, 0.717) is 19.5 Å². The molecule has 2 amide bonds. The zero-order chi connectivity index (χ0) is 17.2. The maximum atomic E-state index is 12.3. The van der Waals surface area contributed by atoms with Crippen molar-refractivity contribution in [2.24, 2.45) is 5.41 Å². The molecule has 1 unspecified atom stereocenters. The standard InChI is InChI=1S/C18H24N2O4/c1-18(16(21)22)9-10-20(12-18)17(23)19-11-13-5-2-3-8-15(13)24-14-6-4-7-14/h2-3,5,8,14H,4,6-7,9-12H2,1H3,(H,19,23)(H,21,22). The van der Waals surface area contributed by atoms with Gasteiger partial charge in [0.1, 0.15) is 5.75 Å². The molecule has 1 atom stereocenters. The number of urea groups is 1. The van der Waals surface area contributed by atoms with Crippen LogP contribution < -0.4 is 10.1 Å². The van der Waals surface area contributed by atoms with Crippen LogP contribution in [-0.2, 0) is 11.3 Å². The molecule has 0 aromatic heterocycles. The second-order valence-electron chi connectivity index (χ2n) is 6.97. The van der Waals surface area contributed by atoms with Gasteiger partial charge in [0, 0.05) is 25.2 Å². The molecule has 2 N–H and O–H groups in total. The lowest BCUT2D eigenvalue weighted by molar-refractivity contribution is -0.147. The van der Waals surface area contributed by atoms with Crippen molar-refractivity contribution in [1.82, 2.24) is 10.2 Å². The largest absolute Gasteiger partial charge is 0.490 e. The smallest absolute Gasteiger partial charge is 0.317 e. The van der Waals surface area contributed by atoms with Crippen LogP contribution in [0.15, 0.2) is 24.3 Å². The lowest BCUT2D eigenvalue weighted by Crippen LogP contribution is -2.40. The van der Waals surface area contributed by atoms with Crippen LogP contribution in [0.2, 0.25) is 0 Å². The highest BCUT2D eigenvalue weighted by molar-refractivity contribution is 5.79. The molecule has 0 bridgehead atoms. The molecule has 1 aromatic carbocycles. The van der Waals surface area contributed by atoms with Crippen molar-refractivity contribution in [1.29, 1.82) is 0 Å². The van der Waals surface area contributed by atoms with Crippen LogP contribution >= 0.6 is 0 Å². The number of carbonyl (C=O) groups is 2. The van der Waals surface area contributed by atoms with Crippen LogP contribution in [0.1, 0.15) is 38.2 Å². The monoisotopic (exact) mass is 332 g/mol. The highest BCUT2D eigenvalue weighted by Gasteiger charge is 2.42. The summed E-state index contributed by atoms with van der Waals surface area (Å²) in [7, 11) is 0. The van der Waals surface area contributed by atoms with Gasteiger partial charge >= 0.3 is 12.0 Å². The molecule has 3 rings (SSSR count). The minimum Gasteiger partial charge on any atom is -0.490 e. The number of amides is 2. The Balaban J connectivity index is 1.56. The van der Waals surface area contributed by atoms with Crippen LogP contribution in [0, 0.1) is 5.41 Å². The summed E-state index contributed by atoms with van der Waals surface area (Å²) in [5.74, 6) is -0.0312. The molecular weight excluding hydrogens is 308 g/mol. The van der Waals surface area contributed by atoms with Gasteiger partial charge in [-0.3, -0.25) is 4.79 Å². The Morgan fingerprint density at radius 1 is 1.38 bits per heavy atom. The van der Waals surface area contributed by atoms with E-state index in [9.17, 15) is 14.7 Å². The molecule has 2 fully saturated rings. The molecule has 1 aliphatic heterocycles. The topological polar surface area (TPSA) is 78.9 Å². The minimum absolute atomic E-state index is 0.224. The molecule has 6 nitrogen and oxygen atoms in total. The first kappa shape index (κ1) is 16.6. The molecule has 24 heavy (non-hydrogen) atoms. The van der Waals surface area contributed by atoms with Gasteiger partial charge in [-0.05, 0) is 38.7 Å². The Morgan fingerprint density at radius 3 is 2.75 bits per heavy atom. The lowest BCUT2D eigenvalue weighted by Gasteiger charge is -2.27. The predicted molar refractivity (Wildman–Crippen MR) is 88.9 cm³/mol. The Labute approximate surface area is 141 Å². The average molecular weight is 332 g/mol. The predicted octanol–water partition coefficient (Wildman–Crippen LogP) is 2.62. The van der Waals surface area contributed by atoms with Crippen LogP contribution in [0.4, 0.5) is 4.79 Å². The molecule has 130 valence electrons. The summed E-state index contributed by atoms with van der Waals surface area (Å²) in [6.07, 6.45) is 4.15. The number of carboxylic acid groups (broad SMARTS) is 1. The van der Waals surface area contributed by atoms with E-state index in [4.69, 9.17) is 4.74 Å². The van der Waals surface area contributed by atoms with Gasteiger partial charge in [-0.15, -0.1) is 0 Å². The molecular formula is C18H24N2O4. The number of nitrogens with one attached hydrogen (secondary N) is 1. The molecule has 6 heteroatoms. The van der Waals surface area contributed by atoms with E-state index >= 15 is 0 Å². The number of hydrogen-bond acceptors (Lipinski definition) is 3. The van der Waals surface area contributed by atoms with Crippen LogP contribution in [0.3, 0.4) is 0 Å². The molecule has 0 spiro atoms. The quantitative estimate of drug-likeness (QED) is 0.869. The summed E-state index contributed by atoms with van der Waals surface area (Å²) in [4.78, 5) is 25.2. The van der Waals surface area contributed by atoms with Crippen LogP contribution in [-0.4, -0.2) is 41.2 Å². The van der Waals surface area contributed by atoms with Gasteiger partial charge in [0.25, 0.3) is 0 Å². The number of ether oxygens (including phenoxy) is 1. The van der Waals surface area contributed by atoms with Crippen molar-refractivity contribution in [3.8, 4) is 5.75 Å². The lowest BCUT2D eigenvalue weighted by atomic mass is 9.90. The zero-order valence-electron chi connectivity index (χ0n) is 14.0. The van der Waals surface area contributed by atoms with Gasteiger partial charge in [-0.2, -0.15) is 0 Å². The van der Waals surface area contributed by atoms with Gasteiger partial charge in [-0.1, -0.05) is 18.2 Å². The Bertz CT molecular complexity index is 629. The number of para-hydroxylation sites is 1. The van der Waals surface area contributed by atoms with Crippen molar-refractivity contribution in [3.05, 3.63) is 29.8 Å². The van der Waals surface area contributed by atoms with Gasteiger partial charge in [0.15, 0.2) is 0 Å². The second kappa shape index (κ2) is 6.71. The number of nitrogens with zero attached hydrogens (tertiary/aromatic N) is 1. The fraction of sp³-hybridized carbons (Fsp3) is 0.556. The SMILES string of the molecule is CC1(C(=O)O)CCN(C(=O)NCc2ccccc2OC2CCC2)C1. The van der Waals surface area contributed by atoms with E-state index in [-0.39, 0.29) is 18.7 Å². The second-order valence-corrected chi connectivity index (χ2v) is 6.97. The summed E-state index contributed by atoms with van der Waals surface area (Å²) in [5, 5.41) is 12.1. The van der Waals surface area contributed by atoms with Crippen LogP contribution in [0.5, 0.6) is 5.75 Å². The Hall–Kier alpha value is -2.24. The summed E-state index contributed by atoms with van der Waals surface area (Å²) in [5.41, 5.74) is 0.0979. The zero-order valence-corrected chi connectivity index (χ0v) is 14.0. The van der Waals surface area contributed by atoms with E-state index in [1.165, 1.54) is 6.42 Å². The van der Waals surface area contributed by atoms with E-state index in [2.05, 4.69) is 5.32 Å². The summed E-state index contributed by atoms with van der Waals surface area (Å²) >= 11 is 0. The fourth-order valence-electron chi connectivity index (χ4n) is 3.02. The van der Waals surface area contributed by atoms with Crippen molar-refractivity contribution < 1.29 is 19.4 Å². The number of carbonyl (C=O) groups excluding carboxylic acids is 1. The minimum atomic E-state index is -0.850. The Kier molecular flexibility index (Phi) is 4.64. The maximum absolute atomic E-state index is 12.3. The van der Waals surface area contributed by atoms with Crippen molar-refractivity contribution in [2.75, 3.05) is 13.1 Å². The number of aliphatic carboxylic acids is 1. The first-order valence-corrected chi connectivity index (χ1v) is 8.49. The van der Waals surface area contributed by atoms with Gasteiger partial charge in [-0.25, -0.2) is 4.79 Å². The third kappa shape index (κ3) is 3.47. The van der Waals surface area contributed by atoms with Gasteiger partial charge in [0.05, 0.1) is 11.5 Å². The number of likely N-dealkylation sites (tertiary alicyclic amines) is 1. The molecule has 1 saturated carbocycles. The van der Waals surface area contributed by atoms with E-state index in [0.717, 1.165) is 24.2 Å². The average Bonchev–Trinajstić information content (AvgIpc) is 2.93. The molecule has 1 saturated heterocycles. The summed E-state index contributed by atoms with van der Waals surface area (Å²) in [6, 6.07) is 7.50. The van der Waals surface area contributed by atoms with Crippen molar-refractivity contribution in [3.63, 3.8) is 0 Å². The first-order chi connectivity index (χ1) is 11.5. The van der Waals surface area contributed by atoms with E-state index in [1.807, 2.05) is 24.3 Å². The molecule has 0 radical (unpaired) electrons. The summed E-state index contributed by atoms with van der Waals surface area (Å²) < 4.78 is 5.96. The highest BCUT2D eigenvalue weighted by Crippen LogP contribution is 2.30.